The van der Waals surface area contributed by atoms with Gasteiger partial charge in [-0.15, -0.1) is 0 Å². The maximum absolute atomic E-state index is 13.1. The van der Waals surface area contributed by atoms with Gasteiger partial charge in [-0.25, -0.2) is 0 Å². The van der Waals surface area contributed by atoms with Crippen molar-refractivity contribution >= 4 is 16.9 Å². The van der Waals surface area contributed by atoms with E-state index in [9.17, 15) is 55.5 Å². The van der Waals surface area contributed by atoms with E-state index in [1.165, 1.54) is 26.2 Å². The number of phenolic OH excluding ortho intramolecular Hbond substituents is 1. The number of fused-ring (bicyclic) bond motifs is 1. The van der Waals surface area contributed by atoms with Crippen molar-refractivity contribution in [3.8, 4) is 28.6 Å². The second kappa shape index (κ2) is 17.2. The molecule has 0 amide bonds. The number of ether oxygens (including phenoxy) is 8. The van der Waals surface area contributed by atoms with Crippen molar-refractivity contribution in [2.24, 2.45) is 0 Å². The number of hydrogen-bond donors (Lipinski definition) is 9. The monoisotopic (exact) mass is 796 g/mol. The van der Waals surface area contributed by atoms with Gasteiger partial charge in [-0.3, -0.25) is 9.59 Å². The Labute approximate surface area is 317 Å². The van der Waals surface area contributed by atoms with E-state index in [-0.39, 0.29) is 22.5 Å². The Morgan fingerprint density at radius 2 is 1.34 bits per heavy atom. The summed E-state index contributed by atoms with van der Waals surface area (Å²) in [5.41, 5.74) is -0.242. The Kier molecular flexibility index (Phi) is 12.8. The Bertz CT molecular complexity index is 1870. The number of phenols is 1. The number of benzene rings is 2. The van der Waals surface area contributed by atoms with Gasteiger partial charge in [-0.2, -0.15) is 0 Å². The molecule has 3 fully saturated rings. The van der Waals surface area contributed by atoms with Gasteiger partial charge in [0.15, 0.2) is 24.1 Å². The maximum atomic E-state index is 13.1. The van der Waals surface area contributed by atoms with Gasteiger partial charge in [0, 0.05) is 30.7 Å². The molecule has 56 heavy (non-hydrogen) atoms. The number of aliphatic hydroxyl groups is 8. The van der Waals surface area contributed by atoms with Crippen molar-refractivity contribution in [1.29, 1.82) is 0 Å². The summed E-state index contributed by atoms with van der Waals surface area (Å²) in [4.78, 5) is 24.5. The molecule has 1 aromatic heterocycles. The third-order valence-electron chi connectivity index (χ3n) is 9.70. The zero-order chi connectivity index (χ0) is 40.6. The van der Waals surface area contributed by atoms with E-state index in [2.05, 4.69) is 0 Å². The molecular formula is C36H44O20. The highest BCUT2D eigenvalue weighted by Gasteiger charge is 2.52. The molecule has 20 heteroatoms. The van der Waals surface area contributed by atoms with Crippen LogP contribution in [-0.2, 0) is 33.2 Å². The number of aromatic hydroxyl groups is 1. The molecule has 0 spiro atoms. The topological polar surface area (TPSA) is 303 Å². The largest absolute Gasteiger partial charge is 0.507 e. The number of rotatable bonds is 11. The lowest BCUT2D eigenvalue weighted by Gasteiger charge is -2.46. The molecule has 4 heterocycles. The van der Waals surface area contributed by atoms with Gasteiger partial charge in [0.2, 0.25) is 6.29 Å². The Hall–Kier alpha value is -4.00. The van der Waals surface area contributed by atoms with Gasteiger partial charge in [0.1, 0.15) is 102 Å². The van der Waals surface area contributed by atoms with Gasteiger partial charge in [-0.1, -0.05) is 0 Å². The van der Waals surface area contributed by atoms with E-state index in [0.29, 0.717) is 11.3 Å². The van der Waals surface area contributed by atoms with Crippen LogP contribution in [0.4, 0.5) is 0 Å². The number of hydrogen-bond acceptors (Lipinski definition) is 20. The van der Waals surface area contributed by atoms with Crippen LogP contribution < -0.4 is 14.9 Å². The summed E-state index contributed by atoms with van der Waals surface area (Å²) < 4.78 is 50.5. The van der Waals surface area contributed by atoms with Gasteiger partial charge in [0.25, 0.3) is 0 Å². The highest BCUT2D eigenvalue weighted by atomic mass is 16.8. The number of carbonyl (C=O) groups is 1. The first-order valence-electron chi connectivity index (χ1n) is 17.5. The van der Waals surface area contributed by atoms with Crippen LogP contribution in [0.15, 0.2) is 51.7 Å². The van der Waals surface area contributed by atoms with E-state index in [4.69, 9.17) is 42.3 Å². The molecule has 0 saturated carbocycles. The molecule has 15 atom stereocenters. The van der Waals surface area contributed by atoms with E-state index >= 15 is 0 Å². The number of carbonyl (C=O) groups excluding carboxylic acids is 1. The van der Waals surface area contributed by atoms with Gasteiger partial charge in [0.05, 0.1) is 19.8 Å². The lowest BCUT2D eigenvalue weighted by molar-refractivity contribution is -0.362. The van der Waals surface area contributed by atoms with Crippen LogP contribution in [0.5, 0.6) is 17.2 Å². The number of esters is 1. The molecule has 0 aliphatic carbocycles. The lowest BCUT2D eigenvalue weighted by atomic mass is 9.97. The first-order valence-corrected chi connectivity index (χ1v) is 17.5. The smallest absolute Gasteiger partial charge is 0.302 e. The van der Waals surface area contributed by atoms with Crippen LogP contribution in [0.3, 0.4) is 0 Å². The zero-order valence-corrected chi connectivity index (χ0v) is 30.1. The molecule has 9 N–H and O–H groups in total. The van der Waals surface area contributed by atoms with Crippen LogP contribution in [0.25, 0.3) is 22.3 Å². The number of aliphatic hydroxyl groups excluding tert-OH is 8. The molecule has 3 aromatic rings. The van der Waals surface area contributed by atoms with Crippen molar-refractivity contribution in [3.05, 3.63) is 52.7 Å². The van der Waals surface area contributed by atoms with Crippen molar-refractivity contribution in [1.82, 2.24) is 0 Å². The molecule has 2 aromatic carbocycles. The highest BCUT2D eigenvalue weighted by Crippen LogP contribution is 2.36. The van der Waals surface area contributed by atoms with E-state index in [1.807, 2.05) is 0 Å². The normalized spacial score (nSPS) is 36.2. The summed E-state index contributed by atoms with van der Waals surface area (Å²) in [6.45, 7) is 1.33. The molecule has 0 radical (unpaired) electrons. The van der Waals surface area contributed by atoms with Crippen molar-refractivity contribution < 1.29 is 93.1 Å². The van der Waals surface area contributed by atoms with Crippen molar-refractivity contribution in [3.63, 3.8) is 0 Å². The van der Waals surface area contributed by atoms with E-state index in [0.717, 1.165) is 13.0 Å². The van der Waals surface area contributed by atoms with Gasteiger partial charge in [-0.05, 0) is 31.2 Å². The fourth-order valence-electron chi connectivity index (χ4n) is 6.49. The summed E-state index contributed by atoms with van der Waals surface area (Å²) in [6, 6.07) is 10.0. The molecular weight excluding hydrogens is 752 g/mol. The van der Waals surface area contributed by atoms with Crippen LogP contribution in [0.2, 0.25) is 0 Å². The first kappa shape index (κ1) is 41.6. The second-order valence-corrected chi connectivity index (χ2v) is 13.6. The fourth-order valence-corrected chi connectivity index (χ4v) is 6.49. The third kappa shape index (κ3) is 8.62. The quantitative estimate of drug-likeness (QED) is 0.0914. The molecule has 6 rings (SSSR count). The third-order valence-corrected chi connectivity index (χ3v) is 9.70. The predicted octanol–water partition coefficient (Wildman–Crippen LogP) is -2.40. The maximum Gasteiger partial charge on any atom is 0.302 e. The molecule has 308 valence electrons. The fraction of sp³-hybridized carbons (Fsp3) is 0.556. The van der Waals surface area contributed by atoms with Crippen LogP contribution >= 0.6 is 0 Å². The van der Waals surface area contributed by atoms with Gasteiger partial charge < -0.3 is 88.3 Å². The van der Waals surface area contributed by atoms with Crippen molar-refractivity contribution in [2.75, 3.05) is 20.3 Å². The molecule has 3 aliphatic heterocycles. The molecule has 0 unspecified atom stereocenters. The molecule has 0 bridgehead atoms. The lowest BCUT2D eigenvalue weighted by Crippen LogP contribution is -2.65. The Balaban J connectivity index is 1.30. The second-order valence-electron chi connectivity index (χ2n) is 13.6. The van der Waals surface area contributed by atoms with Crippen molar-refractivity contribution in [2.45, 2.75) is 106 Å². The molecule has 3 saturated heterocycles. The summed E-state index contributed by atoms with van der Waals surface area (Å²) in [6.07, 6.45) is -25.1. The minimum absolute atomic E-state index is 0.124. The van der Waals surface area contributed by atoms with E-state index < -0.39 is 122 Å². The van der Waals surface area contributed by atoms with Crippen LogP contribution in [0.1, 0.15) is 13.8 Å². The van der Waals surface area contributed by atoms with E-state index in [1.54, 1.807) is 24.3 Å². The van der Waals surface area contributed by atoms with Crippen LogP contribution in [-0.4, -0.2) is 164 Å². The SMILES string of the molecule is COc1ccc(-c2cc(=O)c3c(O)cc(O[C@@H]4O[C@H](CO[C@@H]5O[C@@H](C)[C@H](O)[C@@H](O)[C@H]5O)[C@@H](O)[C@H](O)[C@H]4O[C@@H]4O[C@H](COC(C)=O)[C@@H](O)[C@H](O)[C@H]4O)cc3o2)cc1. The minimum atomic E-state index is -1.97. The van der Waals surface area contributed by atoms with Gasteiger partial charge >= 0.3 is 5.97 Å². The number of methoxy groups -OCH3 is 1. The zero-order valence-electron chi connectivity index (χ0n) is 30.1. The summed E-state index contributed by atoms with van der Waals surface area (Å²) in [5.74, 6) is -0.861. The standard InChI is InChI=1S/C36H44O20/c1-13-25(40)28(43)31(46)34(51-13)50-12-23-27(42)30(45)33(56-35-32(47)29(44)26(41)22(54-35)11-49-14(2)37)36(55-23)52-17-8-18(38)24-19(39)10-20(53-21(24)9-17)15-4-6-16(48-3)7-5-15/h4-10,13,22-23,25-36,38,40-47H,11-12H2,1-3H3/t13-,22+,23+,25-,26+,27+,28+,29-,30-,31+,32+,33+,34+,35-,36+/m0/s1. The minimum Gasteiger partial charge on any atom is -0.507 e. The Morgan fingerprint density at radius 3 is 2.02 bits per heavy atom. The summed E-state index contributed by atoms with van der Waals surface area (Å²) in [7, 11) is 1.49. The highest BCUT2D eigenvalue weighted by molar-refractivity contribution is 5.86. The molecule has 20 nitrogen and oxygen atoms in total. The Morgan fingerprint density at radius 1 is 0.714 bits per heavy atom. The average Bonchev–Trinajstić information content (AvgIpc) is 3.17. The molecule has 3 aliphatic rings. The first-order chi connectivity index (χ1) is 26.6. The average molecular weight is 797 g/mol. The van der Waals surface area contributed by atoms with Crippen LogP contribution in [0, 0.1) is 0 Å². The summed E-state index contributed by atoms with van der Waals surface area (Å²) in [5, 5.41) is 95.8. The summed E-state index contributed by atoms with van der Waals surface area (Å²) >= 11 is 0. The predicted molar refractivity (Wildman–Crippen MR) is 184 cm³/mol.